The van der Waals surface area contributed by atoms with Crippen LogP contribution in [0, 0.1) is 0 Å². The number of hydrogen-bond donors (Lipinski definition) is 0. The van der Waals surface area contributed by atoms with Gasteiger partial charge in [-0.05, 0) is 25.0 Å². The molecule has 4 heteroatoms. The molecule has 0 aliphatic carbocycles. The van der Waals surface area contributed by atoms with Gasteiger partial charge in [0.25, 0.3) is 0 Å². The van der Waals surface area contributed by atoms with Crippen molar-refractivity contribution in [1.29, 1.82) is 0 Å². The highest BCUT2D eigenvalue weighted by Crippen LogP contribution is 2.43. The number of carbonyl (C=O) groups excluding carboxylic acids is 1. The van der Waals surface area contributed by atoms with Crippen LogP contribution in [0.5, 0.6) is 0 Å². The van der Waals surface area contributed by atoms with Crippen LogP contribution in [0.2, 0.25) is 0 Å². The van der Waals surface area contributed by atoms with E-state index in [9.17, 15) is 4.79 Å². The van der Waals surface area contributed by atoms with Crippen molar-refractivity contribution >= 4 is 11.6 Å². The van der Waals surface area contributed by atoms with Crippen LogP contribution >= 0.6 is 0 Å². The number of ether oxygens (including phenoxy) is 2. The van der Waals surface area contributed by atoms with Crippen molar-refractivity contribution in [1.82, 2.24) is 0 Å². The molecule has 0 saturated carbocycles. The SMILES string of the molecule is COCC(CC1(C)C(=O)N(C)c2ccccc21)OC. The van der Waals surface area contributed by atoms with Crippen molar-refractivity contribution in [3.8, 4) is 0 Å². The van der Waals surface area contributed by atoms with E-state index in [2.05, 4.69) is 0 Å². The number of carbonyl (C=O) groups is 1. The molecule has 0 saturated heterocycles. The fourth-order valence-electron chi connectivity index (χ4n) is 2.88. The molecule has 1 aliphatic rings. The van der Waals surface area contributed by atoms with E-state index < -0.39 is 5.41 Å². The lowest BCUT2D eigenvalue weighted by molar-refractivity contribution is -0.124. The van der Waals surface area contributed by atoms with Gasteiger partial charge >= 0.3 is 0 Å². The average molecular weight is 263 g/mol. The number of fused-ring (bicyclic) bond motifs is 1. The standard InChI is InChI=1S/C15H21NO3/c1-15(9-11(19-4)10-18-3)12-7-5-6-8-13(12)16(2)14(15)17/h5-8,11H,9-10H2,1-4H3. The van der Waals surface area contributed by atoms with Gasteiger partial charge in [-0.25, -0.2) is 0 Å². The van der Waals surface area contributed by atoms with Crippen LogP contribution in [0.4, 0.5) is 5.69 Å². The smallest absolute Gasteiger partial charge is 0.237 e. The van der Waals surface area contributed by atoms with E-state index in [1.165, 1.54) is 0 Å². The van der Waals surface area contributed by atoms with Crippen LogP contribution in [0.25, 0.3) is 0 Å². The van der Waals surface area contributed by atoms with Crippen LogP contribution in [0.1, 0.15) is 18.9 Å². The van der Waals surface area contributed by atoms with Gasteiger partial charge in [0.15, 0.2) is 0 Å². The Bertz CT molecular complexity index is 474. The van der Waals surface area contributed by atoms with Gasteiger partial charge in [0.1, 0.15) is 0 Å². The second kappa shape index (κ2) is 5.31. The van der Waals surface area contributed by atoms with Gasteiger partial charge in [0.05, 0.1) is 18.1 Å². The minimum Gasteiger partial charge on any atom is -0.382 e. The molecule has 2 atom stereocenters. The van der Waals surface area contributed by atoms with Crippen molar-refractivity contribution in [2.45, 2.75) is 24.9 Å². The number of nitrogens with zero attached hydrogens (tertiary/aromatic N) is 1. The lowest BCUT2D eigenvalue weighted by Crippen LogP contribution is -2.40. The topological polar surface area (TPSA) is 38.8 Å². The lowest BCUT2D eigenvalue weighted by atomic mass is 9.79. The summed E-state index contributed by atoms with van der Waals surface area (Å²) in [5.41, 5.74) is 1.52. The van der Waals surface area contributed by atoms with Crippen LogP contribution in [0.15, 0.2) is 24.3 Å². The number of benzene rings is 1. The zero-order chi connectivity index (χ0) is 14.0. The third kappa shape index (κ3) is 2.26. The molecule has 0 radical (unpaired) electrons. The van der Waals surface area contributed by atoms with Crippen molar-refractivity contribution in [2.75, 3.05) is 32.8 Å². The van der Waals surface area contributed by atoms with Gasteiger partial charge in [-0.15, -0.1) is 0 Å². The molecule has 1 amide bonds. The first-order valence-corrected chi connectivity index (χ1v) is 6.44. The Kier molecular flexibility index (Phi) is 3.92. The first kappa shape index (κ1) is 14.0. The Morgan fingerprint density at radius 3 is 2.63 bits per heavy atom. The molecule has 1 heterocycles. The van der Waals surface area contributed by atoms with E-state index >= 15 is 0 Å². The van der Waals surface area contributed by atoms with Crippen LogP contribution in [-0.2, 0) is 19.7 Å². The molecule has 1 aromatic rings. The van der Waals surface area contributed by atoms with Crippen molar-refractivity contribution in [3.63, 3.8) is 0 Å². The predicted molar refractivity (Wildman–Crippen MR) is 74.5 cm³/mol. The number of amides is 1. The van der Waals surface area contributed by atoms with Gasteiger partial charge in [-0.1, -0.05) is 18.2 Å². The summed E-state index contributed by atoms with van der Waals surface area (Å²) in [7, 11) is 5.12. The number of para-hydroxylation sites is 1. The lowest BCUT2D eigenvalue weighted by Gasteiger charge is -2.27. The third-order valence-electron chi connectivity index (χ3n) is 3.96. The minimum atomic E-state index is -0.537. The molecule has 2 unspecified atom stereocenters. The average Bonchev–Trinajstić information content (AvgIpc) is 2.62. The molecule has 0 fully saturated rings. The summed E-state index contributed by atoms with van der Waals surface area (Å²) in [6.45, 7) is 2.48. The zero-order valence-electron chi connectivity index (χ0n) is 12.0. The normalized spacial score (nSPS) is 23.6. The highest BCUT2D eigenvalue weighted by molar-refractivity contribution is 6.07. The first-order chi connectivity index (χ1) is 9.04. The zero-order valence-corrected chi connectivity index (χ0v) is 12.0. The summed E-state index contributed by atoms with van der Waals surface area (Å²) in [6, 6.07) is 7.94. The number of rotatable bonds is 5. The van der Waals surface area contributed by atoms with E-state index in [0.29, 0.717) is 13.0 Å². The fourth-order valence-corrected chi connectivity index (χ4v) is 2.88. The maximum absolute atomic E-state index is 12.6. The number of hydrogen-bond acceptors (Lipinski definition) is 3. The Morgan fingerprint density at radius 1 is 1.32 bits per heavy atom. The molecule has 4 nitrogen and oxygen atoms in total. The quantitative estimate of drug-likeness (QED) is 0.815. The van der Waals surface area contributed by atoms with Gasteiger partial charge in [0, 0.05) is 27.0 Å². The molecule has 1 aromatic carbocycles. The van der Waals surface area contributed by atoms with Crippen molar-refractivity contribution < 1.29 is 14.3 Å². The number of anilines is 1. The summed E-state index contributed by atoms with van der Waals surface area (Å²) in [5.74, 6) is 0.117. The van der Waals surface area contributed by atoms with Crippen LogP contribution in [-0.4, -0.2) is 39.9 Å². The maximum atomic E-state index is 12.6. The molecule has 104 valence electrons. The van der Waals surface area contributed by atoms with E-state index in [1.807, 2.05) is 38.2 Å². The Labute approximate surface area is 114 Å². The summed E-state index contributed by atoms with van der Waals surface area (Å²) in [6.07, 6.45) is 0.538. The first-order valence-electron chi connectivity index (χ1n) is 6.44. The molecule has 0 spiro atoms. The second-order valence-corrected chi connectivity index (χ2v) is 5.23. The summed E-state index contributed by atoms with van der Waals surface area (Å²) < 4.78 is 10.6. The number of methoxy groups -OCH3 is 2. The highest BCUT2D eigenvalue weighted by atomic mass is 16.5. The van der Waals surface area contributed by atoms with Crippen LogP contribution < -0.4 is 4.90 Å². The molecular weight excluding hydrogens is 242 g/mol. The van der Waals surface area contributed by atoms with Gasteiger partial charge in [0.2, 0.25) is 5.91 Å². The predicted octanol–water partition coefficient (Wildman–Crippen LogP) is 1.97. The van der Waals surface area contributed by atoms with E-state index in [4.69, 9.17) is 9.47 Å². The molecule has 19 heavy (non-hydrogen) atoms. The Morgan fingerprint density at radius 2 is 2.00 bits per heavy atom. The summed E-state index contributed by atoms with van der Waals surface area (Å²) in [5, 5.41) is 0. The maximum Gasteiger partial charge on any atom is 0.237 e. The molecule has 2 rings (SSSR count). The summed E-state index contributed by atoms with van der Waals surface area (Å²) >= 11 is 0. The Hall–Kier alpha value is -1.39. The van der Waals surface area contributed by atoms with Gasteiger partial charge in [-0.3, -0.25) is 4.79 Å². The van der Waals surface area contributed by atoms with E-state index in [0.717, 1.165) is 11.3 Å². The van der Waals surface area contributed by atoms with Crippen LogP contribution in [0.3, 0.4) is 0 Å². The largest absolute Gasteiger partial charge is 0.382 e. The molecule has 0 N–H and O–H groups in total. The monoisotopic (exact) mass is 263 g/mol. The molecular formula is C15H21NO3. The Balaban J connectivity index is 2.34. The van der Waals surface area contributed by atoms with E-state index in [1.54, 1.807) is 19.1 Å². The molecule has 0 bridgehead atoms. The molecule has 0 aromatic heterocycles. The number of likely N-dealkylation sites (N-methyl/N-ethyl adjacent to an activating group) is 1. The van der Waals surface area contributed by atoms with Gasteiger partial charge < -0.3 is 14.4 Å². The summed E-state index contributed by atoms with van der Waals surface area (Å²) in [4.78, 5) is 14.3. The van der Waals surface area contributed by atoms with Gasteiger partial charge in [-0.2, -0.15) is 0 Å². The highest BCUT2D eigenvalue weighted by Gasteiger charge is 2.46. The van der Waals surface area contributed by atoms with E-state index in [-0.39, 0.29) is 12.0 Å². The second-order valence-electron chi connectivity index (χ2n) is 5.23. The third-order valence-corrected chi connectivity index (χ3v) is 3.96. The van der Waals surface area contributed by atoms with Crippen molar-refractivity contribution in [3.05, 3.63) is 29.8 Å². The fraction of sp³-hybridized carbons (Fsp3) is 0.533. The minimum absolute atomic E-state index is 0.0847. The van der Waals surface area contributed by atoms with Crippen molar-refractivity contribution in [2.24, 2.45) is 0 Å². The molecule has 1 aliphatic heterocycles.